The number of rotatable bonds is 2. The lowest BCUT2D eigenvalue weighted by molar-refractivity contribution is 0.133. The number of hydrogen-bond acceptors (Lipinski definition) is 1. The third kappa shape index (κ3) is 3.09. The van der Waals surface area contributed by atoms with Crippen LogP contribution in [-0.2, 0) is 0 Å². The van der Waals surface area contributed by atoms with E-state index in [4.69, 9.17) is 5.26 Å². The van der Waals surface area contributed by atoms with Crippen molar-refractivity contribution >= 4 is 0 Å². The van der Waals surface area contributed by atoms with Crippen LogP contribution < -0.4 is 0 Å². The first kappa shape index (κ1) is 15.3. The van der Waals surface area contributed by atoms with E-state index in [1.54, 1.807) is 12.1 Å². The number of halogens is 1. The Morgan fingerprint density at radius 1 is 1.14 bits per heavy atom. The molecule has 22 heavy (non-hydrogen) atoms. The Bertz CT molecular complexity index is 598. The molecule has 4 atom stereocenters. The highest BCUT2D eigenvalue weighted by atomic mass is 19.1. The minimum absolute atomic E-state index is 0.157. The van der Waals surface area contributed by atoms with E-state index in [0.717, 1.165) is 29.7 Å². The molecular weight excluding hydrogens is 273 g/mol. The molecule has 1 aromatic rings. The van der Waals surface area contributed by atoms with Gasteiger partial charge in [-0.3, -0.25) is 0 Å². The van der Waals surface area contributed by atoms with Crippen molar-refractivity contribution in [2.45, 2.75) is 51.4 Å². The molecule has 0 bridgehead atoms. The molecule has 3 rings (SSSR count). The Balaban J connectivity index is 1.68. The Hall–Kier alpha value is -1.62. The zero-order chi connectivity index (χ0) is 15.5. The first-order valence-corrected chi connectivity index (χ1v) is 8.53. The number of benzene rings is 1. The van der Waals surface area contributed by atoms with Gasteiger partial charge in [0.2, 0.25) is 0 Å². The monoisotopic (exact) mass is 297 g/mol. The van der Waals surface area contributed by atoms with E-state index in [2.05, 4.69) is 19.1 Å². The van der Waals surface area contributed by atoms with Gasteiger partial charge in [0, 0.05) is 0 Å². The van der Waals surface area contributed by atoms with Crippen molar-refractivity contribution in [3.05, 3.63) is 47.3 Å². The number of allylic oxidation sites excluding steroid dienone is 2. The molecule has 0 unspecified atom stereocenters. The second-order valence-electron chi connectivity index (χ2n) is 6.98. The van der Waals surface area contributed by atoms with Gasteiger partial charge in [-0.25, -0.2) is 4.39 Å². The first-order chi connectivity index (χ1) is 10.7. The van der Waals surface area contributed by atoms with Crippen LogP contribution in [-0.4, -0.2) is 0 Å². The molecule has 2 aliphatic rings. The molecule has 0 aliphatic heterocycles. The lowest BCUT2D eigenvalue weighted by atomic mass is 9.64. The molecule has 0 radical (unpaired) electrons. The zero-order valence-electron chi connectivity index (χ0n) is 13.3. The number of nitrogens with zero attached hydrogens (tertiary/aromatic N) is 1. The molecule has 1 nitrogen and oxygen atoms in total. The van der Waals surface area contributed by atoms with Crippen molar-refractivity contribution < 1.29 is 4.39 Å². The van der Waals surface area contributed by atoms with E-state index in [-0.39, 0.29) is 11.4 Å². The van der Waals surface area contributed by atoms with Crippen LogP contribution in [0.3, 0.4) is 0 Å². The predicted octanol–water partition coefficient (Wildman–Crippen LogP) is 5.57. The van der Waals surface area contributed by atoms with E-state index in [1.807, 2.05) is 12.1 Å². The first-order valence-electron chi connectivity index (χ1n) is 8.53. The van der Waals surface area contributed by atoms with Gasteiger partial charge in [0.25, 0.3) is 0 Å². The molecule has 2 aliphatic carbocycles. The fourth-order valence-corrected chi connectivity index (χ4v) is 4.55. The van der Waals surface area contributed by atoms with Crippen LogP contribution in [0.4, 0.5) is 4.39 Å². The normalized spacial score (nSPS) is 31.7. The van der Waals surface area contributed by atoms with Crippen molar-refractivity contribution in [2.24, 2.45) is 17.8 Å². The van der Waals surface area contributed by atoms with Crippen molar-refractivity contribution in [3.8, 4) is 6.07 Å². The quantitative estimate of drug-likeness (QED) is 0.654. The number of nitriles is 1. The molecule has 0 heterocycles. The van der Waals surface area contributed by atoms with E-state index >= 15 is 0 Å². The van der Waals surface area contributed by atoms with Gasteiger partial charge in [0.1, 0.15) is 11.9 Å². The maximum atomic E-state index is 13.8. The minimum Gasteiger partial charge on any atom is -0.206 e. The fourth-order valence-electron chi connectivity index (χ4n) is 4.55. The number of fused-ring (bicyclic) bond motifs is 1. The van der Waals surface area contributed by atoms with Gasteiger partial charge in [0.05, 0.1) is 5.56 Å². The van der Waals surface area contributed by atoms with Crippen molar-refractivity contribution in [3.63, 3.8) is 0 Å². The summed E-state index contributed by atoms with van der Waals surface area (Å²) in [7, 11) is 0. The van der Waals surface area contributed by atoms with Crippen LogP contribution in [0.1, 0.15) is 62.5 Å². The summed E-state index contributed by atoms with van der Waals surface area (Å²) in [6, 6.07) is 7.09. The van der Waals surface area contributed by atoms with Crippen LogP contribution in [0.5, 0.6) is 0 Å². The molecule has 1 aromatic carbocycles. The van der Waals surface area contributed by atoms with Crippen LogP contribution in [0.15, 0.2) is 30.4 Å². The fraction of sp³-hybridized carbons (Fsp3) is 0.550. The highest BCUT2D eigenvalue weighted by molar-refractivity contribution is 5.35. The molecule has 2 saturated carbocycles. The molecule has 0 amide bonds. The molecule has 2 fully saturated rings. The summed E-state index contributed by atoms with van der Waals surface area (Å²) >= 11 is 0. The third-order valence-corrected chi connectivity index (χ3v) is 5.70. The largest absolute Gasteiger partial charge is 0.206 e. The lowest BCUT2D eigenvalue weighted by Gasteiger charge is -2.41. The highest BCUT2D eigenvalue weighted by Crippen LogP contribution is 2.47. The van der Waals surface area contributed by atoms with Gasteiger partial charge in [-0.1, -0.05) is 18.2 Å². The summed E-state index contributed by atoms with van der Waals surface area (Å²) in [5, 5.41) is 8.85. The van der Waals surface area contributed by atoms with E-state index in [9.17, 15) is 4.39 Å². The summed E-state index contributed by atoms with van der Waals surface area (Å²) < 4.78 is 13.8. The second kappa shape index (κ2) is 6.65. The van der Waals surface area contributed by atoms with Gasteiger partial charge in [0.15, 0.2) is 0 Å². The van der Waals surface area contributed by atoms with E-state index < -0.39 is 0 Å². The van der Waals surface area contributed by atoms with Gasteiger partial charge in [-0.15, -0.1) is 0 Å². The molecule has 2 heteroatoms. The van der Waals surface area contributed by atoms with Gasteiger partial charge in [-0.2, -0.15) is 5.26 Å². The average molecular weight is 297 g/mol. The SMILES string of the molecule is CC=C[C@@H]1CC[C@@H]2C[C@H](c3ccc(C#N)c(F)c3)CC[C@@H]2C1. The van der Waals surface area contributed by atoms with Crippen molar-refractivity contribution in [2.75, 3.05) is 0 Å². The Kier molecular flexibility index (Phi) is 4.62. The third-order valence-electron chi connectivity index (χ3n) is 5.70. The molecule has 0 N–H and O–H groups in total. The Morgan fingerprint density at radius 3 is 2.64 bits per heavy atom. The maximum absolute atomic E-state index is 13.8. The van der Waals surface area contributed by atoms with Gasteiger partial charge in [-0.05, 0) is 86.8 Å². The summed E-state index contributed by atoms with van der Waals surface area (Å²) in [5.41, 5.74) is 1.25. The topological polar surface area (TPSA) is 23.8 Å². The van der Waals surface area contributed by atoms with E-state index in [1.165, 1.54) is 32.1 Å². The zero-order valence-corrected chi connectivity index (χ0v) is 13.3. The molecule has 0 aromatic heterocycles. The molecular formula is C20H24FN. The molecule has 0 saturated heterocycles. The summed E-state index contributed by atoms with van der Waals surface area (Å²) in [6.45, 7) is 2.11. The van der Waals surface area contributed by atoms with Crippen LogP contribution in [0.2, 0.25) is 0 Å². The maximum Gasteiger partial charge on any atom is 0.141 e. The molecule has 116 valence electrons. The van der Waals surface area contributed by atoms with Crippen molar-refractivity contribution in [1.29, 1.82) is 5.26 Å². The van der Waals surface area contributed by atoms with Crippen LogP contribution in [0, 0.1) is 34.9 Å². The van der Waals surface area contributed by atoms with Gasteiger partial charge < -0.3 is 0 Å². The smallest absolute Gasteiger partial charge is 0.141 e. The Labute approximate surface area is 132 Å². The van der Waals surface area contributed by atoms with Crippen LogP contribution in [0.25, 0.3) is 0 Å². The van der Waals surface area contributed by atoms with Crippen LogP contribution >= 0.6 is 0 Å². The average Bonchev–Trinajstić information content (AvgIpc) is 2.54. The summed E-state index contributed by atoms with van der Waals surface area (Å²) in [4.78, 5) is 0. The van der Waals surface area contributed by atoms with Crippen molar-refractivity contribution in [1.82, 2.24) is 0 Å². The second-order valence-corrected chi connectivity index (χ2v) is 6.98. The summed E-state index contributed by atoms with van der Waals surface area (Å²) in [6.07, 6.45) is 12.1. The molecule has 0 spiro atoms. The predicted molar refractivity (Wildman–Crippen MR) is 86.8 cm³/mol. The number of hydrogen-bond donors (Lipinski definition) is 0. The lowest BCUT2D eigenvalue weighted by Crippen LogP contribution is -2.30. The van der Waals surface area contributed by atoms with E-state index in [0.29, 0.717) is 5.92 Å². The summed E-state index contributed by atoms with van der Waals surface area (Å²) in [5.74, 6) is 2.55. The van der Waals surface area contributed by atoms with Gasteiger partial charge >= 0.3 is 0 Å². The Morgan fingerprint density at radius 2 is 1.91 bits per heavy atom. The standard InChI is InChI=1S/C20H24FN/c1-2-3-14-4-5-16-11-17(7-6-15(16)10-14)18-8-9-19(13-22)20(21)12-18/h2-3,8-9,12,14-17H,4-7,10-11H2,1H3/t14-,15-,16-,17-/m1/s1. The highest BCUT2D eigenvalue weighted by Gasteiger charge is 2.35. The minimum atomic E-state index is -0.362.